The first-order valence-electron chi connectivity index (χ1n) is 8.25. The van der Waals surface area contributed by atoms with E-state index >= 15 is 0 Å². The van der Waals surface area contributed by atoms with Gasteiger partial charge in [0.05, 0.1) is 41.5 Å². The molecule has 2 aromatic rings. The highest BCUT2D eigenvalue weighted by atomic mass is 35.5. The Morgan fingerprint density at radius 2 is 1.67 bits per heavy atom. The Labute approximate surface area is 174 Å². The molecule has 0 radical (unpaired) electrons. The van der Waals surface area contributed by atoms with Gasteiger partial charge in [-0.3, -0.25) is 9.69 Å². The van der Waals surface area contributed by atoms with Crippen molar-refractivity contribution in [1.29, 1.82) is 0 Å². The minimum absolute atomic E-state index is 0.196. The van der Waals surface area contributed by atoms with Crippen LogP contribution >= 0.6 is 34.8 Å². The summed E-state index contributed by atoms with van der Waals surface area (Å²) in [5.41, 5.74) is 1.44. The molecule has 146 valence electrons. The fourth-order valence-corrected chi connectivity index (χ4v) is 3.12. The van der Waals surface area contributed by atoms with Crippen molar-refractivity contribution in [1.82, 2.24) is 4.90 Å². The number of nitrogens with zero attached hydrogens (tertiary/aromatic N) is 1. The third-order valence-electron chi connectivity index (χ3n) is 3.95. The summed E-state index contributed by atoms with van der Waals surface area (Å²) in [6, 6.07) is 8.72. The Morgan fingerprint density at radius 3 is 2.30 bits per heavy atom. The Kier molecular flexibility index (Phi) is 8.05. The number of ether oxygens (including phenoxy) is 2. The Bertz CT molecular complexity index is 815. The van der Waals surface area contributed by atoms with Gasteiger partial charge >= 0.3 is 0 Å². The molecule has 0 bridgehead atoms. The smallest absolute Gasteiger partial charge is 0.238 e. The molecule has 0 aliphatic heterocycles. The minimum atomic E-state index is -0.197. The van der Waals surface area contributed by atoms with E-state index in [9.17, 15) is 4.79 Å². The molecule has 0 heterocycles. The van der Waals surface area contributed by atoms with Crippen LogP contribution in [-0.2, 0) is 11.3 Å². The van der Waals surface area contributed by atoms with Crippen molar-refractivity contribution in [3.8, 4) is 11.5 Å². The van der Waals surface area contributed by atoms with Crippen molar-refractivity contribution in [3.05, 3.63) is 51.0 Å². The Hall–Kier alpha value is -1.66. The van der Waals surface area contributed by atoms with Crippen molar-refractivity contribution in [2.24, 2.45) is 0 Å². The first kappa shape index (κ1) is 21.6. The molecule has 27 heavy (non-hydrogen) atoms. The van der Waals surface area contributed by atoms with E-state index in [1.165, 1.54) is 12.1 Å². The average molecular weight is 432 g/mol. The molecule has 0 saturated heterocycles. The topological polar surface area (TPSA) is 50.8 Å². The minimum Gasteiger partial charge on any atom is -0.493 e. The fraction of sp³-hybridized carbons (Fsp3) is 0.316. The summed E-state index contributed by atoms with van der Waals surface area (Å²) in [4.78, 5) is 14.4. The van der Waals surface area contributed by atoms with Gasteiger partial charge in [0.2, 0.25) is 5.91 Å². The first-order chi connectivity index (χ1) is 12.9. The maximum absolute atomic E-state index is 12.4. The standard InChI is InChI=1S/C19H21Cl3N2O3/c1-4-24(10-12-5-6-17(26-2)18(7-12)27-3)11-19(25)23-16-9-14(21)13(20)8-15(16)22/h5-9H,4,10-11H2,1-3H3,(H,23,25). The number of carbonyl (C=O) groups excluding carboxylic acids is 1. The SMILES string of the molecule is CCN(CC(=O)Nc1cc(Cl)c(Cl)cc1Cl)Cc1ccc(OC)c(OC)c1. The second-order valence-corrected chi connectivity index (χ2v) is 7.01. The lowest BCUT2D eigenvalue weighted by Crippen LogP contribution is -2.32. The molecule has 0 atom stereocenters. The zero-order chi connectivity index (χ0) is 20.0. The van der Waals surface area contributed by atoms with Gasteiger partial charge in [0, 0.05) is 6.54 Å². The molecule has 0 aromatic heterocycles. The summed E-state index contributed by atoms with van der Waals surface area (Å²) in [6.07, 6.45) is 0. The quantitative estimate of drug-likeness (QED) is 0.589. The number of nitrogens with one attached hydrogen (secondary N) is 1. The van der Waals surface area contributed by atoms with Crippen LogP contribution in [0.5, 0.6) is 11.5 Å². The molecule has 8 heteroatoms. The number of benzene rings is 2. The predicted octanol–water partition coefficient (Wildman–Crippen LogP) is 5.12. The van der Waals surface area contributed by atoms with Gasteiger partial charge in [-0.05, 0) is 36.4 Å². The largest absolute Gasteiger partial charge is 0.493 e. The lowest BCUT2D eigenvalue weighted by molar-refractivity contribution is -0.117. The van der Waals surface area contributed by atoms with Crippen molar-refractivity contribution >= 4 is 46.4 Å². The molecule has 2 rings (SSSR count). The molecular weight excluding hydrogens is 411 g/mol. The molecule has 0 aliphatic carbocycles. The van der Waals surface area contributed by atoms with Crippen LogP contribution in [-0.4, -0.2) is 38.1 Å². The third kappa shape index (κ3) is 5.91. The van der Waals surface area contributed by atoms with Gasteiger partial charge in [-0.25, -0.2) is 0 Å². The van der Waals surface area contributed by atoms with E-state index in [0.29, 0.717) is 45.3 Å². The Morgan fingerprint density at radius 1 is 1.00 bits per heavy atom. The highest BCUT2D eigenvalue weighted by molar-refractivity contribution is 6.44. The van der Waals surface area contributed by atoms with E-state index in [2.05, 4.69) is 5.32 Å². The van der Waals surface area contributed by atoms with Crippen LogP contribution in [0.3, 0.4) is 0 Å². The van der Waals surface area contributed by atoms with Crippen LogP contribution < -0.4 is 14.8 Å². The summed E-state index contributed by atoms with van der Waals surface area (Å²) in [7, 11) is 3.18. The molecule has 5 nitrogen and oxygen atoms in total. The van der Waals surface area contributed by atoms with Gasteiger partial charge in [0.15, 0.2) is 11.5 Å². The summed E-state index contributed by atoms with van der Waals surface area (Å²) < 4.78 is 10.6. The van der Waals surface area contributed by atoms with E-state index in [0.717, 1.165) is 5.56 Å². The van der Waals surface area contributed by atoms with E-state index in [4.69, 9.17) is 44.3 Å². The zero-order valence-corrected chi connectivity index (χ0v) is 17.6. The first-order valence-corrected chi connectivity index (χ1v) is 9.39. The number of anilines is 1. The summed E-state index contributed by atoms with van der Waals surface area (Å²) in [5.74, 6) is 1.12. The summed E-state index contributed by atoms with van der Waals surface area (Å²) in [6.45, 7) is 3.46. The maximum Gasteiger partial charge on any atom is 0.238 e. The average Bonchev–Trinajstić information content (AvgIpc) is 2.65. The lowest BCUT2D eigenvalue weighted by Gasteiger charge is -2.21. The highest BCUT2D eigenvalue weighted by Crippen LogP contribution is 2.32. The monoisotopic (exact) mass is 430 g/mol. The molecule has 0 unspecified atom stereocenters. The van der Waals surface area contributed by atoms with Gasteiger partial charge < -0.3 is 14.8 Å². The molecule has 0 fully saturated rings. The van der Waals surface area contributed by atoms with E-state index in [1.807, 2.05) is 30.0 Å². The molecule has 0 aliphatic rings. The maximum atomic E-state index is 12.4. The number of carbonyl (C=O) groups is 1. The molecule has 0 saturated carbocycles. The van der Waals surface area contributed by atoms with E-state index in [1.54, 1.807) is 14.2 Å². The van der Waals surface area contributed by atoms with Gasteiger partial charge in [-0.2, -0.15) is 0 Å². The highest BCUT2D eigenvalue weighted by Gasteiger charge is 2.14. The number of likely N-dealkylation sites (N-methyl/N-ethyl adjacent to an activating group) is 1. The second-order valence-electron chi connectivity index (χ2n) is 5.79. The number of methoxy groups -OCH3 is 2. The van der Waals surface area contributed by atoms with Gasteiger partial charge in [-0.15, -0.1) is 0 Å². The van der Waals surface area contributed by atoms with Crippen LogP contribution in [0.25, 0.3) is 0 Å². The number of hydrogen-bond acceptors (Lipinski definition) is 4. The molecule has 1 amide bonds. The van der Waals surface area contributed by atoms with E-state index in [-0.39, 0.29) is 12.5 Å². The van der Waals surface area contributed by atoms with Crippen LogP contribution in [0.1, 0.15) is 12.5 Å². The van der Waals surface area contributed by atoms with Crippen LogP contribution in [0, 0.1) is 0 Å². The fourth-order valence-electron chi connectivity index (χ4n) is 2.53. The molecule has 1 N–H and O–H groups in total. The van der Waals surface area contributed by atoms with Crippen LogP contribution in [0.4, 0.5) is 5.69 Å². The predicted molar refractivity (Wildman–Crippen MR) is 111 cm³/mol. The Balaban J connectivity index is 2.04. The molecular formula is C19H21Cl3N2O3. The van der Waals surface area contributed by atoms with E-state index < -0.39 is 0 Å². The number of rotatable bonds is 8. The lowest BCUT2D eigenvalue weighted by atomic mass is 10.2. The van der Waals surface area contributed by atoms with Crippen molar-refractivity contribution in [2.45, 2.75) is 13.5 Å². The van der Waals surface area contributed by atoms with Crippen molar-refractivity contribution in [2.75, 3.05) is 32.6 Å². The van der Waals surface area contributed by atoms with Crippen LogP contribution in [0.15, 0.2) is 30.3 Å². The number of hydrogen-bond donors (Lipinski definition) is 1. The summed E-state index contributed by atoms with van der Waals surface area (Å²) >= 11 is 18.0. The van der Waals surface area contributed by atoms with Gasteiger partial charge in [-0.1, -0.05) is 47.8 Å². The second kappa shape index (κ2) is 10.0. The van der Waals surface area contributed by atoms with Gasteiger partial charge in [0.25, 0.3) is 0 Å². The number of amides is 1. The van der Waals surface area contributed by atoms with Crippen molar-refractivity contribution in [3.63, 3.8) is 0 Å². The van der Waals surface area contributed by atoms with Gasteiger partial charge in [0.1, 0.15) is 0 Å². The molecule has 0 spiro atoms. The number of halogens is 3. The zero-order valence-electron chi connectivity index (χ0n) is 15.3. The third-order valence-corrected chi connectivity index (χ3v) is 4.99. The molecule has 2 aromatic carbocycles. The summed E-state index contributed by atoms with van der Waals surface area (Å²) in [5, 5.41) is 3.77. The normalized spacial score (nSPS) is 10.8. The van der Waals surface area contributed by atoms with Crippen molar-refractivity contribution < 1.29 is 14.3 Å². The van der Waals surface area contributed by atoms with Crippen LogP contribution in [0.2, 0.25) is 15.1 Å².